The van der Waals surface area contributed by atoms with E-state index < -0.39 is 18.6 Å². The van der Waals surface area contributed by atoms with Crippen molar-refractivity contribution in [3.8, 4) is 11.3 Å². The van der Waals surface area contributed by atoms with Crippen LogP contribution >= 0.6 is 11.6 Å². The second-order valence-electron chi connectivity index (χ2n) is 3.94. The van der Waals surface area contributed by atoms with E-state index in [4.69, 9.17) is 16.0 Å². The summed E-state index contributed by atoms with van der Waals surface area (Å²) in [7, 11) is 0. The van der Waals surface area contributed by atoms with Crippen LogP contribution in [0.2, 0.25) is 5.02 Å². The molecule has 0 radical (unpaired) electrons. The number of rotatable bonds is 3. The SMILES string of the molecule is O=C(NCC(F)(F)F)c1ccc(-c2ccccc2Cl)o1. The highest BCUT2D eigenvalue weighted by Crippen LogP contribution is 2.29. The number of benzene rings is 1. The molecule has 1 heterocycles. The molecule has 0 spiro atoms. The molecule has 0 saturated heterocycles. The summed E-state index contributed by atoms with van der Waals surface area (Å²) in [5, 5.41) is 2.15. The van der Waals surface area contributed by atoms with Crippen molar-refractivity contribution in [1.82, 2.24) is 5.32 Å². The van der Waals surface area contributed by atoms with Crippen LogP contribution in [0.15, 0.2) is 40.8 Å². The fraction of sp³-hybridized carbons (Fsp3) is 0.154. The maximum atomic E-state index is 12.0. The van der Waals surface area contributed by atoms with Crippen LogP contribution in [-0.4, -0.2) is 18.6 Å². The Morgan fingerprint density at radius 1 is 1.20 bits per heavy atom. The molecule has 1 N–H and O–H groups in total. The van der Waals surface area contributed by atoms with E-state index in [1.54, 1.807) is 29.6 Å². The number of hydrogen-bond acceptors (Lipinski definition) is 2. The molecule has 0 atom stereocenters. The number of alkyl halides is 3. The zero-order valence-corrected chi connectivity index (χ0v) is 10.8. The lowest BCUT2D eigenvalue weighted by molar-refractivity contribution is -0.123. The van der Waals surface area contributed by atoms with E-state index in [1.165, 1.54) is 12.1 Å². The molecule has 0 saturated carbocycles. The third-order valence-corrected chi connectivity index (χ3v) is 2.75. The van der Waals surface area contributed by atoms with Crippen LogP contribution in [-0.2, 0) is 0 Å². The Kier molecular flexibility index (Phi) is 4.04. The summed E-state index contributed by atoms with van der Waals surface area (Å²) in [4.78, 5) is 11.5. The molecule has 2 aromatic rings. The molecule has 0 bridgehead atoms. The van der Waals surface area contributed by atoms with E-state index in [0.717, 1.165) is 0 Å². The minimum absolute atomic E-state index is 0.204. The molecular formula is C13H9ClF3NO2. The average molecular weight is 304 g/mol. The first kappa shape index (κ1) is 14.5. The van der Waals surface area contributed by atoms with Gasteiger partial charge in [-0.05, 0) is 24.3 Å². The first-order valence-corrected chi connectivity index (χ1v) is 5.94. The summed E-state index contributed by atoms with van der Waals surface area (Å²) < 4.78 is 41.2. The summed E-state index contributed by atoms with van der Waals surface area (Å²) in [6, 6.07) is 9.55. The Morgan fingerprint density at radius 3 is 2.55 bits per heavy atom. The van der Waals surface area contributed by atoms with Gasteiger partial charge >= 0.3 is 6.18 Å². The molecule has 2 rings (SSSR count). The molecule has 7 heteroatoms. The first-order valence-electron chi connectivity index (χ1n) is 5.56. The Bertz CT molecular complexity index is 622. The fourth-order valence-corrected chi connectivity index (χ4v) is 1.76. The van der Waals surface area contributed by atoms with Crippen LogP contribution in [0, 0.1) is 0 Å². The van der Waals surface area contributed by atoms with E-state index in [0.29, 0.717) is 16.3 Å². The maximum Gasteiger partial charge on any atom is 0.405 e. The molecule has 1 aromatic heterocycles. The van der Waals surface area contributed by atoms with Crippen LogP contribution in [0.25, 0.3) is 11.3 Å². The Labute approximate surface area is 117 Å². The third kappa shape index (κ3) is 3.54. The van der Waals surface area contributed by atoms with Crippen LogP contribution in [0.1, 0.15) is 10.6 Å². The smallest absolute Gasteiger partial charge is 0.405 e. The van der Waals surface area contributed by atoms with Gasteiger partial charge in [-0.1, -0.05) is 23.7 Å². The van der Waals surface area contributed by atoms with Crippen molar-refractivity contribution in [3.05, 3.63) is 47.2 Å². The number of amides is 1. The zero-order chi connectivity index (χ0) is 14.8. The van der Waals surface area contributed by atoms with Crippen molar-refractivity contribution >= 4 is 17.5 Å². The van der Waals surface area contributed by atoms with Crippen molar-refractivity contribution in [2.75, 3.05) is 6.54 Å². The number of furan rings is 1. The normalized spacial score (nSPS) is 11.4. The van der Waals surface area contributed by atoms with Crippen LogP contribution in [0.3, 0.4) is 0 Å². The van der Waals surface area contributed by atoms with Gasteiger partial charge in [0.25, 0.3) is 5.91 Å². The number of halogens is 4. The van der Waals surface area contributed by atoms with E-state index in [9.17, 15) is 18.0 Å². The molecule has 0 aliphatic heterocycles. The quantitative estimate of drug-likeness (QED) is 0.934. The highest BCUT2D eigenvalue weighted by Gasteiger charge is 2.28. The van der Waals surface area contributed by atoms with Crippen LogP contribution in [0.5, 0.6) is 0 Å². The Balaban J connectivity index is 2.13. The average Bonchev–Trinajstić information content (AvgIpc) is 2.85. The number of nitrogens with one attached hydrogen (secondary N) is 1. The third-order valence-electron chi connectivity index (χ3n) is 2.42. The molecule has 0 unspecified atom stereocenters. The van der Waals surface area contributed by atoms with E-state index in [-0.39, 0.29) is 5.76 Å². The van der Waals surface area contributed by atoms with Gasteiger partial charge in [0.2, 0.25) is 0 Å². The molecule has 0 fully saturated rings. The van der Waals surface area contributed by atoms with Gasteiger partial charge in [0.1, 0.15) is 12.3 Å². The minimum atomic E-state index is -4.46. The fourth-order valence-electron chi connectivity index (χ4n) is 1.53. The largest absolute Gasteiger partial charge is 0.451 e. The van der Waals surface area contributed by atoms with Gasteiger partial charge in [0, 0.05) is 5.56 Å². The molecular weight excluding hydrogens is 295 g/mol. The van der Waals surface area contributed by atoms with Gasteiger partial charge in [-0.3, -0.25) is 4.79 Å². The van der Waals surface area contributed by atoms with Gasteiger partial charge in [-0.25, -0.2) is 0 Å². The zero-order valence-electron chi connectivity index (χ0n) is 10.00. The van der Waals surface area contributed by atoms with Crippen molar-refractivity contribution in [2.45, 2.75) is 6.18 Å². The second kappa shape index (κ2) is 5.58. The summed E-state index contributed by atoms with van der Waals surface area (Å²) in [6.45, 7) is -1.41. The van der Waals surface area contributed by atoms with E-state index in [1.807, 2.05) is 0 Å². The van der Waals surface area contributed by atoms with Crippen LogP contribution in [0.4, 0.5) is 13.2 Å². The Morgan fingerprint density at radius 2 is 1.90 bits per heavy atom. The van der Waals surface area contributed by atoms with Crippen LogP contribution < -0.4 is 5.32 Å². The minimum Gasteiger partial charge on any atom is -0.451 e. The van der Waals surface area contributed by atoms with Gasteiger partial charge in [-0.2, -0.15) is 13.2 Å². The van der Waals surface area contributed by atoms with Crippen molar-refractivity contribution < 1.29 is 22.4 Å². The predicted octanol–water partition coefficient (Wildman–Crippen LogP) is 3.89. The van der Waals surface area contributed by atoms with E-state index >= 15 is 0 Å². The van der Waals surface area contributed by atoms with Crippen molar-refractivity contribution in [1.29, 1.82) is 0 Å². The van der Waals surface area contributed by atoms with Gasteiger partial charge in [0.15, 0.2) is 5.76 Å². The van der Waals surface area contributed by atoms with Crippen molar-refractivity contribution in [3.63, 3.8) is 0 Å². The number of hydrogen-bond donors (Lipinski definition) is 1. The molecule has 0 aliphatic carbocycles. The molecule has 0 aliphatic rings. The highest BCUT2D eigenvalue weighted by atomic mass is 35.5. The maximum absolute atomic E-state index is 12.0. The predicted molar refractivity (Wildman–Crippen MR) is 67.5 cm³/mol. The summed E-state index contributed by atoms with van der Waals surface area (Å²) in [6.07, 6.45) is -4.46. The lowest BCUT2D eigenvalue weighted by atomic mass is 10.2. The summed E-state index contributed by atoms with van der Waals surface area (Å²) >= 11 is 5.96. The first-order chi connectivity index (χ1) is 9.37. The molecule has 1 aromatic carbocycles. The van der Waals surface area contributed by atoms with Gasteiger partial charge in [-0.15, -0.1) is 0 Å². The highest BCUT2D eigenvalue weighted by molar-refractivity contribution is 6.33. The lowest BCUT2D eigenvalue weighted by Gasteiger charge is -2.06. The Hall–Kier alpha value is -1.95. The standard InChI is InChI=1S/C13H9ClF3NO2/c14-9-4-2-1-3-8(9)10-5-6-11(20-10)12(19)18-7-13(15,16)17/h1-6H,7H2,(H,18,19). The summed E-state index contributed by atoms with van der Waals surface area (Å²) in [5.41, 5.74) is 0.559. The van der Waals surface area contributed by atoms with E-state index in [2.05, 4.69) is 0 Å². The topological polar surface area (TPSA) is 42.2 Å². The molecule has 106 valence electrons. The summed E-state index contributed by atoms with van der Waals surface area (Å²) in [5.74, 6) is -0.822. The van der Waals surface area contributed by atoms with Gasteiger partial charge in [0.05, 0.1) is 5.02 Å². The number of carbonyl (C=O) groups excluding carboxylic acids is 1. The van der Waals surface area contributed by atoms with Gasteiger partial charge < -0.3 is 9.73 Å². The number of carbonyl (C=O) groups is 1. The molecule has 20 heavy (non-hydrogen) atoms. The monoisotopic (exact) mass is 303 g/mol. The van der Waals surface area contributed by atoms with Crippen molar-refractivity contribution in [2.24, 2.45) is 0 Å². The molecule has 1 amide bonds. The molecule has 3 nitrogen and oxygen atoms in total. The second-order valence-corrected chi connectivity index (χ2v) is 4.35. The lowest BCUT2D eigenvalue weighted by Crippen LogP contribution is -2.33.